The molecule has 176 valence electrons. The molecule has 1 saturated heterocycles. The predicted octanol–water partition coefficient (Wildman–Crippen LogP) is 4.35. The first kappa shape index (κ1) is 22.0. The van der Waals surface area contributed by atoms with Crippen molar-refractivity contribution < 1.29 is 18.0 Å². The van der Waals surface area contributed by atoms with Gasteiger partial charge in [0.25, 0.3) is 11.9 Å². The van der Waals surface area contributed by atoms with Crippen LogP contribution < -0.4 is 5.32 Å². The normalized spacial score (nSPS) is 18.4. The SMILES string of the molecule is Cc1ccc(C(=O)N2CCCC(C)C2CNc2nc3ccc(F)cc3o2)c(-n2nccn2)c1F. The number of aryl methyl sites for hydroxylation is 1. The van der Waals surface area contributed by atoms with E-state index in [4.69, 9.17) is 4.42 Å². The minimum Gasteiger partial charge on any atom is -0.423 e. The van der Waals surface area contributed by atoms with E-state index in [0.717, 1.165) is 17.6 Å². The highest BCUT2D eigenvalue weighted by Crippen LogP contribution is 2.29. The minimum absolute atomic E-state index is 0.0425. The van der Waals surface area contributed by atoms with Crippen LogP contribution in [0.1, 0.15) is 35.7 Å². The summed E-state index contributed by atoms with van der Waals surface area (Å²) in [5.74, 6) is -1.03. The molecule has 0 bridgehead atoms. The van der Waals surface area contributed by atoms with Crippen LogP contribution in [0.4, 0.5) is 14.8 Å². The van der Waals surface area contributed by atoms with Crippen LogP contribution >= 0.6 is 0 Å². The number of fused-ring (bicyclic) bond motifs is 1. The highest BCUT2D eigenvalue weighted by molar-refractivity contribution is 5.98. The Bertz CT molecular complexity index is 1340. The maximum atomic E-state index is 15.1. The highest BCUT2D eigenvalue weighted by atomic mass is 19.1. The second-order valence-electron chi connectivity index (χ2n) is 8.61. The zero-order valence-electron chi connectivity index (χ0n) is 18.8. The van der Waals surface area contributed by atoms with Crippen molar-refractivity contribution in [2.24, 2.45) is 5.92 Å². The van der Waals surface area contributed by atoms with Crippen LogP contribution in [0.15, 0.2) is 47.1 Å². The molecule has 4 aromatic rings. The van der Waals surface area contributed by atoms with Gasteiger partial charge in [0.05, 0.1) is 24.0 Å². The van der Waals surface area contributed by atoms with Gasteiger partial charge < -0.3 is 14.6 Å². The number of likely N-dealkylation sites (tertiary alicyclic amines) is 1. The minimum atomic E-state index is -0.527. The van der Waals surface area contributed by atoms with Crippen LogP contribution in [0.3, 0.4) is 0 Å². The number of hydrogen-bond donors (Lipinski definition) is 1. The number of benzene rings is 2. The summed E-state index contributed by atoms with van der Waals surface area (Å²) < 4.78 is 34.2. The first-order valence-corrected chi connectivity index (χ1v) is 11.2. The fourth-order valence-corrected chi connectivity index (χ4v) is 4.50. The van der Waals surface area contributed by atoms with E-state index in [1.165, 1.54) is 24.5 Å². The summed E-state index contributed by atoms with van der Waals surface area (Å²) in [7, 11) is 0. The Balaban J connectivity index is 1.43. The van der Waals surface area contributed by atoms with E-state index in [9.17, 15) is 9.18 Å². The molecule has 1 aliphatic heterocycles. The summed E-state index contributed by atoms with van der Waals surface area (Å²) in [5.41, 5.74) is 1.54. The Morgan fingerprint density at radius 2 is 2.00 bits per heavy atom. The zero-order chi connectivity index (χ0) is 23.8. The van der Waals surface area contributed by atoms with Gasteiger partial charge in [-0.05, 0) is 49.4 Å². The topological polar surface area (TPSA) is 89.1 Å². The monoisotopic (exact) mass is 466 g/mol. The molecular formula is C24H24F2N6O2. The molecule has 2 atom stereocenters. The Labute approximate surface area is 194 Å². The van der Waals surface area contributed by atoms with Gasteiger partial charge in [0, 0.05) is 19.2 Å². The van der Waals surface area contributed by atoms with E-state index < -0.39 is 11.6 Å². The first-order valence-electron chi connectivity index (χ1n) is 11.2. The number of piperidine rings is 1. The number of nitrogens with zero attached hydrogens (tertiary/aromatic N) is 5. The van der Waals surface area contributed by atoms with E-state index in [0.29, 0.717) is 29.8 Å². The lowest BCUT2D eigenvalue weighted by molar-refractivity contribution is 0.0538. The van der Waals surface area contributed by atoms with Crippen molar-refractivity contribution in [3.63, 3.8) is 0 Å². The lowest BCUT2D eigenvalue weighted by Gasteiger charge is -2.40. The molecule has 2 aromatic carbocycles. The molecule has 3 heterocycles. The molecule has 34 heavy (non-hydrogen) atoms. The van der Waals surface area contributed by atoms with Gasteiger partial charge in [-0.25, -0.2) is 8.78 Å². The number of hydrogen-bond acceptors (Lipinski definition) is 6. The average Bonchev–Trinajstić information content (AvgIpc) is 3.49. The molecule has 0 spiro atoms. The van der Waals surface area contributed by atoms with E-state index in [-0.39, 0.29) is 35.1 Å². The molecule has 1 fully saturated rings. The van der Waals surface area contributed by atoms with Crippen LogP contribution in [0.2, 0.25) is 0 Å². The molecule has 1 N–H and O–H groups in total. The van der Waals surface area contributed by atoms with Gasteiger partial charge in [0.1, 0.15) is 17.0 Å². The Morgan fingerprint density at radius 3 is 2.79 bits per heavy atom. The number of halogens is 2. The quantitative estimate of drug-likeness (QED) is 0.471. The standard InChI is InChI=1S/C24H24F2N6O2/c1-14-4-3-11-31(19(14)13-27-24-30-18-8-6-16(25)12-20(18)34-24)23(33)17-7-5-15(2)21(26)22(17)32-28-9-10-29-32/h5-10,12,14,19H,3-4,11,13H2,1-2H3,(H,27,30). The molecule has 10 heteroatoms. The summed E-state index contributed by atoms with van der Waals surface area (Å²) >= 11 is 0. The van der Waals surface area contributed by atoms with Crippen molar-refractivity contribution >= 4 is 23.0 Å². The summed E-state index contributed by atoms with van der Waals surface area (Å²) in [6.07, 6.45) is 4.68. The Hall–Kier alpha value is -3.82. The van der Waals surface area contributed by atoms with Gasteiger partial charge in [0.15, 0.2) is 11.4 Å². The fourth-order valence-electron chi connectivity index (χ4n) is 4.50. The van der Waals surface area contributed by atoms with Crippen molar-refractivity contribution in [2.75, 3.05) is 18.4 Å². The van der Waals surface area contributed by atoms with Gasteiger partial charge in [0.2, 0.25) is 0 Å². The molecular weight excluding hydrogens is 442 g/mol. The molecule has 2 unspecified atom stereocenters. The maximum absolute atomic E-state index is 15.1. The number of nitrogens with one attached hydrogen (secondary N) is 1. The van der Waals surface area contributed by atoms with Gasteiger partial charge in [-0.2, -0.15) is 15.2 Å². The van der Waals surface area contributed by atoms with Crippen LogP contribution in [0.5, 0.6) is 0 Å². The largest absolute Gasteiger partial charge is 0.423 e. The van der Waals surface area contributed by atoms with Crippen LogP contribution in [-0.2, 0) is 0 Å². The van der Waals surface area contributed by atoms with E-state index in [2.05, 4.69) is 27.4 Å². The third kappa shape index (κ3) is 4.00. The third-order valence-electron chi connectivity index (χ3n) is 6.35. The Morgan fingerprint density at radius 1 is 1.21 bits per heavy atom. The first-order chi connectivity index (χ1) is 16.4. The lowest BCUT2D eigenvalue weighted by Crippen LogP contribution is -2.51. The summed E-state index contributed by atoms with van der Waals surface area (Å²) in [4.78, 5) is 21.0. The lowest BCUT2D eigenvalue weighted by atomic mass is 9.90. The molecule has 0 radical (unpaired) electrons. The predicted molar refractivity (Wildman–Crippen MR) is 122 cm³/mol. The van der Waals surface area contributed by atoms with Crippen molar-refractivity contribution in [3.8, 4) is 5.69 Å². The van der Waals surface area contributed by atoms with Gasteiger partial charge in [-0.3, -0.25) is 4.79 Å². The van der Waals surface area contributed by atoms with Gasteiger partial charge >= 0.3 is 0 Å². The molecule has 8 nitrogen and oxygen atoms in total. The van der Waals surface area contributed by atoms with E-state index >= 15 is 4.39 Å². The van der Waals surface area contributed by atoms with Crippen LogP contribution in [0.25, 0.3) is 16.8 Å². The van der Waals surface area contributed by atoms with Crippen LogP contribution in [0, 0.1) is 24.5 Å². The number of carbonyl (C=O) groups excluding carboxylic acids is 1. The number of carbonyl (C=O) groups is 1. The zero-order valence-corrected chi connectivity index (χ0v) is 18.8. The summed E-state index contributed by atoms with van der Waals surface area (Å²) in [5, 5.41) is 11.3. The summed E-state index contributed by atoms with van der Waals surface area (Å²) in [6, 6.07) is 7.44. The fraction of sp³-hybridized carbons (Fsp3) is 0.333. The highest BCUT2D eigenvalue weighted by Gasteiger charge is 2.34. The van der Waals surface area contributed by atoms with Gasteiger partial charge in [-0.15, -0.1) is 4.80 Å². The maximum Gasteiger partial charge on any atom is 0.295 e. The molecule has 0 saturated carbocycles. The van der Waals surface area contributed by atoms with Gasteiger partial charge in [-0.1, -0.05) is 13.0 Å². The molecule has 2 aromatic heterocycles. The number of amides is 1. The number of rotatable bonds is 5. The number of anilines is 1. The molecule has 0 aliphatic carbocycles. The van der Waals surface area contributed by atoms with Crippen LogP contribution in [-0.4, -0.2) is 49.9 Å². The second-order valence-corrected chi connectivity index (χ2v) is 8.61. The number of aromatic nitrogens is 4. The van der Waals surface area contributed by atoms with Crippen molar-refractivity contribution in [3.05, 3.63) is 65.5 Å². The van der Waals surface area contributed by atoms with Crippen molar-refractivity contribution in [1.82, 2.24) is 24.9 Å². The molecule has 5 rings (SSSR count). The molecule has 1 aliphatic rings. The number of oxazole rings is 1. The van der Waals surface area contributed by atoms with E-state index in [1.54, 1.807) is 30.0 Å². The average molecular weight is 466 g/mol. The van der Waals surface area contributed by atoms with Crippen molar-refractivity contribution in [2.45, 2.75) is 32.7 Å². The van der Waals surface area contributed by atoms with Crippen molar-refractivity contribution in [1.29, 1.82) is 0 Å². The third-order valence-corrected chi connectivity index (χ3v) is 6.35. The summed E-state index contributed by atoms with van der Waals surface area (Å²) in [6.45, 7) is 4.64. The van der Waals surface area contributed by atoms with E-state index in [1.807, 2.05) is 0 Å². The Kier molecular flexibility index (Phi) is 5.72. The molecule has 1 amide bonds. The second kappa shape index (κ2) is 8.85. The smallest absolute Gasteiger partial charge is 0.295 e.